The topological polar surface area (TPSA) is 65.5 Å². The smallest absolute Gasteiger partial charge is 0.321 e. The van der Waals surface area contributed by atoms with Crippen LogP contribution >= 0.6 is 0 Å². The minimum absolute atomic E-state index is 0.0536. The fraction of sp³-hybridized carbons (Fsp3) is 0.480. The molecule has 1 saturated carbocycles. The molecule has 0 spiro atoms. The van der Waals surface area contributed by atoms with Crippen molar-refractivity contribution >= 4 is 17.6 Å². The van der Waals surface area contributed by atoms with Crippen LogP contribution in [0.4, 0.5) is 10.5 Å². The highest BCUT2D eigenvalue weighted by Crippen LogP contribution is 2.33. The van der Waals surface area contributed by atoms with Gasteiger partial charge >= 0.3 is 6.03 Å². The highest BCUT2D eigenvalue weighted by Gasteiger charge is 2.33. The second-order valence-corrected chi connectivity index (χ2v) is 9.19. The molecular formula is C25H30N4O2. The van der Waals surface area contributed by atoms with Gasteiger partial charge in [-0.15, -0.1) is 0 Å². The Morgan fingerprint density at radius 2 is 1.61 bits per heavy atom. The molecule has 3 fully saturated rings. The standard InChI is InChI=1S/C25H30N4O2/c30-24(19-4-1-2-5-19)28-13-11-21(15-28)18-7-9-23(10-8-18)27-25(31)29-16-22(17-29)20-6-3-12-26-14-20/h3,6-10,12,14,19,21-22H,1-2,4-5,11,13,15-17H2,(H,27,31). The van der Waals surface area contributed by atoms with Crippen molar-refractivity contribution < 1.29 is 9.59 Å². The van der Waals surface area contributed by atoms with Crippen molar-refractivity contribution in [3.8, 4) is 0 Å². The molecular weight excluding hydrogens is 388 g/mol. The summed E-state index contributed by atoms with van der Waals surface area (Å²) in [6.45, 7) is 3.14. The first-order chi connectivity index (χ1) is 15.2. The second kappa shape index (κ2) is 8.69. The average molecular weight is 419 g/mol. The van der Waals surface area contributed by atoms with Gasteiger partial charge in [0.2, 0.25) is 5.91 Å². The van der Waals surface area contributed by atoms with E-state index >= 15 is 0 Å². The monoisotopic (exact) mass is 418 g/mol. The summed E-state index contributed by atoms with van der Waals surface area (Å²) < 4.78 is 0. The van der Waals surface area contributed by atoms with Gasteiger partial charge in [-0.2, -0.15) is 0 Å². The summed E-state index contributed by atoms with van der Waals surface area (Å²) in [5.41, 5.74) is 3.25. The van der Waals surface area contributed by atoms with E-state index in [1.54, 1.807) is 6.20 Å². The minimum Gasteiger partial charge on any atom is -0.342 e. The SMILES string of the molecule is O=C(Nc1ccc(C2CCN(C(=O)C3CCCC3)C2)cc1)N1CC(c2cccnc2)C1. The zero-order chi connectivity index (χ0) is 21.2. The van der Waals surface area contributed by atoms with E-state index < -0.39 is 0 Å². The minimum atomic E-state index is -0.0536. The van der Waals surface area contributed by atoms with Crippen molar-refractivity contribution in [1.29, 1.82) is 0 Å². The maximum Gasteiger partial charge on any atom is 0.321 e. The number of nitrogens with zero attached hydrogens (tertiary/aromatic N) is 3. The summed E-state index contributed by atoms with van der Waals surface area (Å²) in [6.07, 6.45) is 9.19. The van der Waals surface area contributed by atoms with Crippen molar-refractivity contribution in [2.75, 3.05) is 31.5 Å². The number of amides is 3. The highest BCUT2D eigenvalue weighted by molar-refractivity contribution is 5.90. The molecule has 162 valence electrons. The second-order valence-electron chi connectivity index (χ2n) is 9.19. The van der Waals surface area contributed by atoms with Gasteiger partial charge in [0, 0.05) is 62.0 Å². The Balaban J connectivity index is 1.11. The van der Waals surface area contributed by atoms with E-state index in [0.717, 1.165) is 51.1 Å². The van der Waals surface area contributed by atoms with Gasteiger partial charge in [-0.25, -0.2) is 4.79 Å². The van der Waals surface area contributed by atoms with E-state index in [4.69, 9.17) is 0 Å². The van der Waals surface area contributed by atoms with Crippen LogP contribution in [-0.4, -0.2) is 52.9 Å². The van der Waals surface area contributed by atoms with E-state index in [1.165, 1.54) is 24.0 Å². The molecule has 0 radical (unpaired) electrons. The summed E-state index contributed by atoms with van der Waals surface area (Å²) in [5.74, 6) is 1.39. The molecule has 1 unspecified atom stereocenters. The number of pyridine rings is 1. The first kappa shape index (κ1) is 20.0. The maximum absolute atomic E-state index is 12.7. The molecule has 1 N–H and O–H groups in total. The third-order valence-corrected chi connectivity index (χ3v) is 7.16. The zero-order valence-corrected chi connectivity index (χ0v) is 17.9. The summed E-state index contributed by atoms with van der Waals surface area (Å²) in [6, 6.07) is 12.1. The number of aromatic nitrogens is 1. The molecule has 2 aromatic rings. The molecule has 3 aliphatic rings. The first-order valence-electron chi connectivity index (χ1n) is 11.5. The van der Waals surface area contributed by atoms with E-state index in [2.05, 4.69) is 33.4 Å². The van der Waals surface area contributed by atoms with E-state index in [9.17, 15) is 9.59 Å². The van der Waals surface area contributed by atoms with Crippen LogP contribution in [0, 0.1) is 5.92 Å². The van der Waals surface area contributed by atoms with E-state index in [-0.39, 0.29) is 11.9 Å². The quantitative estimate of drug-likeness (QED) is 0.809. The molecule has 2 saturated heterocycles. The summed E-state index contributed by atoms with van der Waals surface area (Å²) in [7, 11) is 0. The highest BCUT2D eigenvalue weighted by atomic mass is 16.2. The molecule has 0 bridgehead atoms. The van der Waals surface area contributed by atoms with Crippen LogP contribution in [0.5, 0.6) is 0 Å². The summed E-state index contributed by atoms with van der Waals surface area (Å²) in [4.78, 5) is 33.2. The number of urea groups is 1. The Hall–Kier alpha value is -2.89. The van der Waals surface area contributed by atoms with Gasteiger partial charge in [-0.1, -0.05) is 31.0 Å². The number of nitrogens with one attached hydrogen (secondary N) is 1. The van der Waals surface area contributed by atoms with E-state index in [0.29, 0.717) is 17.7 Å². The maximum atomic E-state index is 12.7. The Morgan fingerprint density at radius 1 is 0.871 bits per heavy atom. The lowest BCUT2D eigenvalue weighted by molar-refractivity contribution is -0.134. The fourth-order valence-corrected chi connectivity index (χ4v) is 5.18. The van der Waals surface area contributed by atoms with Gasteiger partial charge in [0.05, 0.1) is 0 Å². The first-order valence-corrected chi connectivity index (χ1v) is 11.5. The van der Waals surface area contributed by atoms with Gasteiger partial charge < -0.3 is 15.1 Å². The molecule has 31 heavy (non-hydrogen) atoms. The lowest BCUT2D eigenvalue weighted by Gasteiger charge is -2.39. The third kappa shape index (κ3) is 4.29. The summed E-state index contributed by atoms with van der Waals surface area (Å²) in [5, 5.41) is 3.00. The molecule has 3 amide bonds. The molecule has 1 aromatic carbocycles. The molecule has 2 aliphatic heterocycles. The predicted octanol–water partition coefficient (Wildman–Crippen LogP) is 4.22. The Morgan fingerprint density at radius 3 is 2.32 bits per heavy atom. The molecule has 1 atom stereocenters. The third-order valence-electron chi connectivity index (χ3n) is 7.16. The van der Waals surface area contributed by atoms with Crippen LogP contribution in [0.2, 0.25) is 0 Å². The van der Waals surface area contributed by atoms with Crippen LogP contribution < -0.4 is 5.32 Å². The van der Waals surface area contributed by atoms with Crippen molar-refractivity contribution in [2.45, 2.75) is 43.9 Å². The van der Waals surface area contributed by atoms with Gasteiger partial charge in [0.1, 0.15) is 0 Å². The van der Waals surface area contributed by atoms with E-state index in [1.807, 2.05) is 29.3 Å². The van der Waals surface area contributed by atoms with Crippen LogP contribution in [0.1, 0.15) is 55.1 Å². The van der Waals surface area contributed by atoms with Crippen molar-refractivity contribution in [1.82, 2.24) is 14.8 Å². The largest absolute Gasteiger partial charge is 0.342 e. The van der Waals surface area contributed by atoms with Crippen LogP contribution in [-0.2, 0) is 4.79 Å². The van der Waals surface area contributed by atoms with Crippen molar-refractivity contribution in [2.24, 2.45) is 5.92 Å². The molecule has 3 heterocycles. The number of likely N-dealkylation sites (tertiary alicyclic amines) is 2. The van der Waals surface area contributed by atoms with Crippen LogP contribution in [0.25, 0.3) is 0 Å². The Labute approximate surface area is 183 Å². The molecule has 1 aromatic heterocycles. The number of carbonyl (C=O) groups is 2. The number of hydrogen-bond donors (Lipinski definition) is 1. The molecule has 1 aliphatic carbocycles. The Kier molecular flexibility index (Phi) is 5.62. The van der Waals surface area contributed by atoms with Gasteiger partial charge in [0.25, 0.3) is 0 Å². The van der Waals surface area contributed by atoms with Gasteiger partial charge in [-0.3, -0.25) is 9.78 Å². The van der Waals surface area contributed by atoms with Crippen molar-refractivity contribution in [3.05, 3.63) is 59.9 Å². The van der Waals surface area contributed by atoms with Gasteiger partial charge in [0.15, 0.2) is 0 Å². The van der Waals surface area contributed by atoms with Crippen LogP contribution in [0.15, 0.2) is 48.8 Å². The number of benzene rings is 1. The number of hydrogen-bond acceptors (Lipinski definition) is 3. The Bertz CT molecular complexity index is 918. The van der Waals surface area contributed by atoms with Crippen LogP contribution in [0.3, 0.4) is 0 Å². The zero-order valence-electron chi connectivity index (χ0n) is 17.9. The molecule has 5 rings (SSSR count). The number of anilines is 1. The number of carbonyl (C=O) groups excluding carboxylic acids is 2. The lowest BCUT2D eigenvalue weighted by atomic mass is 9.93. The summed E-state index contributed by atoms with van der Waals surface area (Å²) >= 11 is 0. The average Bonchev–Trinajstić information content (AvgIpc) is 3.46. The lowest BCUT2D eigenvalue weighted by Crippen LogP contribution is -2.50. The normalized spacial score (nSPS) is 21.9. The molecule has 6 heteroatoms. The fourth-order valence-electron chi connectivity index (χ4n) is 5.18. The predicted molar refractivity (Wildman–Crippen MR) is 120 cm³/mol. The van der Waals surface area contributed by atoms with Gasteiger partial charge in [-0.05, 0) is 48.6 Å². The molecule has 6 nitrogen and oxygen atoms in total. The van der Waals surface area contributed by atoms with Crippen molar-refractivity contribution in [3.63, 3.8) is 0 Å². The number of rotatable bonds is 4.